The van der Waals surface area contributed by atoms with Gasteiger partial charge in [0.05, 0.1) is 12.2 Å². The molecule has 0 aliphatic heterocycles. The Morgan fingerprint density at radius 1 is 1.16 bits per heavy atom. The number of esters is 1. The molecule has 0 bridgehead atoms. The van der Waals surface area contributed by atoms with E-state index in [-0.39, 0.29) is 14.6 Å². The summed E-state index contributed by atoms with van der Waals surface area (Å²) in [5.74, 6) is -0.134. The lowest BCUT2D eigenvalue weighted by Gasteiger charge is -2.21. The SMILES string of the molecule is CCCC(I)C(=O)OCCCCCCCN(C)c1cc(=O)sc2cc(C(F)(F)F)ccc12. The Hall–Kier alpha value is -1.36. The maximum atomic E-state index is 13.0. The number of hydrogen-bond donors (Lipinski definition) is 0. The van der Waals surface area contributed by atoms with Gasteiger partial charge >= 0.3 is 12.1 Å². The van der Waals surface area contributed by atoms with E-state index >= 15 is 0 Å². The maximum absolute atomic E-state index is 13.0. The highest BCUT2D eigenvalue weighted by molar-refractivity contribution is 14.1. The average molecular weight is 583 g/mol. The molecule has 0 aliphatic carbocycles. The molecule has 0 fully saturated rings. The molecule has 0 saturated heterocycles. The third-order valence-electron chi connectivity index (χ3n) is 5.14. The van der Waals surface area contributed by atoms with Crippen LogP contribution in [0.2, 0.25) is 0 Å². The van der Waals surface area contributed by atoms with Crippen LogP contribution in [0.5, 0.6) is 0 Å². The van der Waals surface area contributed by atoms with Gasteiger partial charge in [-0.3, -0.25) is 9.59 Å². The van der Waals surface area contributed by atoms with Gasteiger partial charge in [0.1, 0.15) is 3.92 Å². The molecule has 9 heteroatoms. The van der Waals surface area contributed by atoms with Gasteiger partial charge < -0.3 is 9.64 Å². The number of benzene rings is 1. The van der Waals surface area contributed by atoms with Crippen LogP contribution in [0.1, 0.15) is 57.4 Å². The van der Waals surface area contributed by atoms with Crippen LogP contribution in [-0.2, 0) is 15.7 Å². The Bertz CT molecular complexity index is 948. The van der Waals surface area contributed by atoms with Crippen molar-refractivity contribution in [3.05, 3.63) is 39.4 Å². The fourth-order valence-corrected chi connectivity index (χ4v) is 5.03. The van der Waals surface area contributed by atoms with Crippen molar-refractivity contribution in [2.75, 3.05) is 25.1 Å². The van der Waals surface area contributed by atoms with Gasteiger partial charge in [-0.2, -0.15) is 13.2 Å². The van der Waals surface area contributed by atoms with Gasteiger partial charge in [0.15, 0.2) is 0 Å². The summed E-state index contributed by atoms with van der Waals surface area (Å²) in [5, 5.41) is 0.656. The maximum Gasteiger partial charge on any atom is 0.416 e. The van der Waals surface area contributed by atoms with E-state index in [9.17, 15) is 22.8 Å². The minimum atomic E-state index is -4.43. The van der Waals surface area contributed by atoms with Crippen molar-refractivity contribution in [1.82, 2.24) is 0 Å². The quantitative estimate of drug-likeness (QED) is 0.119. The van der Waals surface area contributed by atoms with Crippen molar-refractivity contribution in [2.45, 2.75) is 62.0 Å². The first kappa shape index (κ1) is 26.9. The number of nitrogens with zero attached hydrogens (tertiary/aromatic N) is 1. The number of carbonyl (C=O) groups excluding carboxylic acids is 1. The largest absolute Gasteiger partial charge is 0.465 e. The molecule has 1 unspecified atom stereocenters. The normalized spacial score (nSPS) is 12.7. The second-order valence-corrected chi connectivity index (χ2v) is 10.3. The molecule has 0 saturated carbocycles. The number of fused-ring (bicyclic) bond motifs is 1. The Kier molecular flexibility index (Phi) is 10.7. The zero-order chi connectivity index (χ0) is 23.7. The van der Waals surface area contributed by atoms with Crippen LogP contribution in [0.15, 0.2) is 29.1 Å². The summed E-state index contributed by atoms with van der Waals surface area (Å²) in [6.07, 6.45) is 2.06. The molecule has 1 atom stereocenters. The van der Waals surface area contributed by atoms with E-state index in [4.69, 9.17) is 4.74 Å². The summed E-state index contributed by atoms with van der Waals surface area (Å²) in [6.45, 7) is 3.19. The van der Waals surface area contributed by atoms with Crippen LogP contribution < -0.4 is 9.64 Å². The van der Waals surface area contributed by atoms with Crippen LogP contribution in [0.3, 0.4) is 0 Å². The van der Waals surface area contributed by atoms with E-state index in [0.29, 0.717) is 28.9 Å². The van der Waals surface area contributed by atoms with Crippen molar-refractivity contribution < 1.29 is 22.7 Å². The van der Waals surface area contributed by atoms with Crippen LogP contribution >= 0.6 is 33.9 Å². The molecule has 1 aromatic heterocycles. The van der Waals surface area contributed by atoms with Gasteiger partial charge in [-0.1, -0.05) is 72.6 Å². The van der Waals surface area contributed by atoms with Crippen molar-refractivity contribution in [1.29, 1.82) is 0 Å². The van der Waals surface area contributed by atoms with Gasteiger partial charge in [-0.25, -0.2) is 0 Å². The lowest BCUT2D eigenvalue weighted by Crippen LogP contribution is -2.20. The zero-order valence-electron chi connectivity index (χ0n) is 18.3. The predicted molar refractivity (Wildman–Crippen MR) is 133 cm³/mol. The molecule has 32 heavy (non-hydrogen) atoms. The highest BCUT2D eigenvalue weighted by atomic mass is 127. The molecule has 0 aliphatic rings. The number of alkyl halides is 4. The first-order chi connectivity index (χ1) is 15.1. The molecular formula is C23H29F3INO3S. The van der Waals surface area contributed by atoms with E-state index in [2.05, 4.69) is 22.6 Å². The summed E-state index contributed by atoms with van der Waals surface area (Å²) < 4.78 is 44.3. The summed E-state index contributed by atoms with van der Waals surface area (Å²) in [6, 6.07) is 5.05. The highest BCUT2D eigenvalue weighted by Crippen LogP contribution is 2.34. The topological polar surface area (TPSA) is 46.6 Å². The second-order valence-electron chi connectivity index (χ2n) is 7.77. The molecular weight excluding hydrogens is 554 g/mol. The minimum Gasteiger partial charge on any atom is -0.465 e. The molecule has 0 spiro atoms. The fourth-order valence-electron chi connectivity index (χ4n) is 3.37. The van der Waals surface area contributed by atoms with Gasteiger partial charge in [0, 0.05) is 35.4 Å². The number of halogens is 4. The number of carbonyl (C=O) groups is 1. The first-order valence-corrected chi connectivity index (χ1v) is 12.9. The molecule has 0 amide bonds. The van der Waals surface area contributed by atoms with Crippen molar-refractivity contribution in [2.24, 2.45) is 0 Å². The number of anilines is 1. The third-order valence-corrected chi connectivity index (χ3v) is 7.15. The van der Waals surface area contributed by atoms with E-state index in [1.165, 1.54) is 12.1 Å². The van der Waals surface area contributed by atoms with E-state index in [1.54, 1.807) is 0 Å². The molecule has 0 radical (unpaired) electrons. The second kappa shape index (κ2) is 12.8. The Morgan fingerprint density at radius 2 is 1.84 bits per heavy atom. The molecule has 2 rings (SSSR count). The molecule has 0 N–H and O–H groups in total. The number of rotatable bonds is 12. The molecule has 2 aromatic rings. The fraction of sp³-hybridized carbons (Fsp3) is 0.565. The van der Waals surface area contributed by atoms with Crippen LogP contribution in [-0.4, -0.2) is 30.1 Å². The van der Waals surface area contributed by atoms with Crippen LogP contribution in [0.25, 0.3) is 10.1 Å². The van der Waals surface area contributed by atoms with Gasteiger partial charge in [0.25, 0.3) is 0 Å². The highest BCUT2D eigenvalue weighted by Gasteiger charge is 2.30. The number of ether oxygens (including phenoxy) is 1. The lowest BCUT2D eigenvalue weighted by atomic mass is 10.1. The smallest absolute Gasteiger partial charge is 0.416 e. The number of hydrogen-bond acceptors (Lipinski definition) is 5. The summed E-state index contributed by atoms with van der Waals surface area (Å²) in [7, 11) is 1.85. The van der Waals surface area contributed by atoms with Crippen molar-refractivity contribution in [3.8, 4) is 0 Å². The minimum absolute atomic E-state index is 0.0716. The molecule has 1 aromatic carbocycles. The van der Waals surface area contributed by atoms with E-state index < -0.39 is 11.7 Å². The molecule has 4 nitrogen and oxygen atoms in total. The molecule has 178 valence electrons. The summed E-state index contributed by atoms with van der Waals surface area (Å²) >= 11 is 2.95. The van der Waals surface area contributed by atoms with E-state index in [0.717, 1.165) is 68.4 Å². The Balaban J connectivity index is 1.79. The molecule has 1 heterocycles. The Morgan fingerprint density at radius 3 is 2.53 bits per heavy atom. The van der Waals surface area contributed by atoms with Crippen LogP contribution in [0.4, 0.5) is 18.9 Å². The standard InChI is InChI=1S/C23H29F3INO3S/c1-3-9-18(27)22(30)31-13-8-6-4-5-7-12-28(2)19-15-21(29)32-20-14-16(23(24,25)26)10-11-17(19)20/h10-11,14-15,18H,3-9,12-13H2,1-2H3. The van der Waals surface area contributed by atoms with Crippen molar-refractivity contribution in [3.63, 3.8) is 0 Å². The first-order valence-electron chi connectivity index (χ1n) is 10.8. The van der Waals surface area contributed by atoms with Gasteiger partial charge in [-0.05, 0) is 31.4 Å². The van der Waals surface area contributed by atoms with Crippen LogP contribution in [0, 0.1) is 0 Å². The average Bonchev–Trinajstić information content (AvgIpc) is 2.73. The summed E-state index contributed by atoms with van der Waals surface area (Å²) in [4.78, 5) is 25.7. The van der Waals surface area contributed by atoms with E-state index in [1.807, 2.05) is 18.9 Å². The monoisotopic (exact) mass is 583 g/mol. The lowest BCUT2D eigenvalue weighted by molar-refractivity contribution is -0.142. The predicted octanol–water partition coefficient (Wildman–Crippen LogP) is 6.81. The Labute approximate surface area is 204 Å². The summed E-state index contributed by atoms with van der Waals surface area (Å²) in [5.41, 5.74) is -0.0877. The van der Waals surface area contributed by atoms with Crippen molar-refractivity contribution >= 4 is 55.7 Å². The third kappa shape index (κ3) is 8.20. The van der Waals surface area contributed by atoms with Gasteiger partial charge in [-0.15, -0.1) is 0 Å². The van der Waals surface area contributed by atoms with Gasteiger partial charge in [0.2, 0.25) is 4.74 Å². The zero-order valence-corrected chi connectivity index (χ0v) is 21.3. The number of unbranched alkanes of at least 4 members (excludes halogenated alkanes) is 4.